The topological polar surface area (TPSA) is 46.4 Å². The van der Waals surface area contributed by atoms with Crippen LogP contribution >= 0.6 is 34.8 Å². The summed E-state index contributed by atoms with van der Waals surface area (Å²) in [6.07, 6.45) is 6.42. The summed E-state index contributed by atoms with van der Waals surface area (Å²) in [4.78, 5) is 16.4. The molecule has 0 saturated heterocycles. The first-order chi connectivity index (χ1) is 12.5. The number of rotatable bonds is 7. The van der Waals surface area contributed by atoms with Crippen LogP contribution in [0.4, 0.5) is 0 Å². The smallest absolute Gasteiger partial charge is 0.220 e. The molecule has 0 spiro atoms. The van der Waals surface area contributed by atoms with Gasteiger partial charge in [0, 0.05) is 36.8 Å². The second-order valence-electron chi connectivity index (χ2n) is 6.05. The molecule has 0 aliphatic rings. The number of nitrogens with zero attached hydrogens (tertiary/aromatic N) is 2. The van der Waals surface area contributed by atoms with Gasteiger partial charge in [0.05, 0.1) is 15.7 Å². The molecule has 3 aromatic rings. The lowest BCUT2D eigenvalue weighted by Crippen LogP contribution is -2.25. The molecule has 7 heteroatoms. The molecular weight excluding hydrogens is 393 g/mol. The molecule has 0 unspecified atom stereocenters. The quantitative estimate of drug-likeness (QED) is 0.597. The Bertz CT molecular complexity index is 906. The van der Waals surface area contributed by atoms with Gasteiger partial charge in [-0.1, -0.05) is 46.9 Å². The highest BCUT2D eigenvalue weighted by Gasteiger charge is 2.08. The average Bonchev–Trinajstić information content (AvgIpc) is 3.00. The minimum absolute atomic E-state index is 0.0452. The van der Waals surface area contributed by atoms with Crippen molar-refractivity contribution in [1.82, 2.24) is 14.7 Å². The Labute approximate surface area is 167 Å². The van der Waals surface area contributed by atoms with Gasteiger partial charge in [-0.05, 0) is 36.6 Å². The van der Waals surface area contributed by atoms with Crippen LogP contribution in [-0.2, 0) is 17.6 Å². The van der Waals surface area contributed by atoms with Gasteiger partial charge in [-0.3, -0.25) is 4.79 Å². The van der Waals surface area contributed by atoms with Crippen molar-refractivity contribution in [3.8, 4) is 0 Å². The van der Waals surface area contributed by atoms with Crippen LogP contribution in [0.2, 0.25) is 15.1 Å². The third kappa shape index (κ3) is 5.13. The molecule has 26 heavy (non-hydrogen) atoms. The zero-order valence-corrected chi connectivity index (χ0v) is 16.3. The van der Waals surface area contributed by atoms with E-state index in [4.69, 9.17) is 34.8 Å². The lowest BCUT2D eigenvalue weighted by atomic mass is 10.1. The summed E-state index contributed by atoms with van der Waals surface area (Å²) in [7, 11) is 0. The molecule has 136 valence electrons. The molecule has 0 fully saturated rings. The van der Waals surface area contributed by atoms with Crippen molar-refractivity contribution in [1.29, 1.82) is 0 Å². The molecule has 2 heterocycles. The number of imidazole rings is 1. The Morgan fingerprint density at radius 2 is 1.81 bits per heavy atom. The van der Waals surface area contributed by atoms with Gasteiger partial charge < -0.3 is 9.72 Å². The zero-order valence-electron chi connectivity index (χ0n) is 14.0. The van der Waals surface area contributed by atoms with Crippen molar-refractivity contribution in [2.24, 2.45) is 0 Å². The molecule has 0 aliphatic carbocycles. The predicted octanol–water partition coefficient (Wildman–Crippen LogP) is 4.98. The highest BCUT2D eigenvalue weighted by Crippen LogP contribution is 2.21. The summed E-state index contributed by atoms with van der Waals surface area (Å²) in [6, 6.07) is 9.37. The number of benzene rings is 1. The SMILES string of the molecule is O=C(CCCc1ccc(Cl)cc1)NCCc1cn2cc(Cl)cc(Cl)c2n1. The van der Waals surface area contributed by atoms with Gasteiger partial charge in [0.1, 0.15) is 0 Å². The maximum Gasteiger partial charge on any atom is 0.220 e. The predicted molar refractivity (Wildman–Crippen MR) is 106 cm³/mol. The number of aromatic nitrogens is 2. The van der Waals surface area contributed by atoms with Crippen molar-refractivity contribution in [3.63, 3.8) is 0 Å². The number of pyridine rings is 1. The van der Waals surface area contributed by atoms with Gasteiger partial charge in [-0.15, -0.1) is 0 Å². The second kappa shape index (κ2) is 8.76. The van der Waals surface area contributed by atoms with Crippen LogP contribution in [-0.4, -0.2) is 21.8 Å². The van der Waals surface area contributed by atoms with Crippen LogP contribution in [0, 0.1) is 0 Å². The number of carbonyl (C=O) groups is 1. The third-order valence-electron chi connectivity index (χ3n) is 4.01. The number of hydrogen-bond acceptors (Lipinski definition) is 2. The summed E-state index contributed by atoms with van der Waals surface area (Å²) >= 11 is 18.0. The van der Waals surface area contributed by atoms with E-state index in [-0.39, 0.29) is 5.91 Å². The molecule has 0 bridgehead atoms. The number of halogens is 3. The van der Waals surface area contributed by atoms with E-state index in [1.165, 1.54) is 5.56 Å². The van der Waals surface area contributed by atoms with Crippen LogP contribution in [0.1, 0.15) is 24.1 Å². The van der Waals surface area contributed by atoms with Crippen LogP contribution in [0.5, 0.6) is 0 Å². The minimum Gasteiger partial charge on any atom is -0.356 e. The molecular formula is C19H18Cl3N3O. The van der Waals surface area contributed by atoms with E-state index in [2.05, 4.69) is 10.3 Å². The number of carbonyl (C=O) groups excluding carboxylic acids is 1. The summed E-state index contributed by atoms with van der Waals surface area (Å²) in [5, 5.41) is 4.72. The van der Waals surface area contributed by atoms with Gasteiger partial charge in [0.2, 0.25) is 5.91 Å². The molecule has 3 rings (SSSR count). The third-order valence-corrected chi connectivity index (χ3v) is 4.75. The van der Waals surface area contributed by atoms with Crippen molar-refractivity contribution in [2.75, 3.05) is 6.54 Å². The molecule has 0 saturated carbocycles. The molecule has 0 aliphatic heterocycles. The second-order valence-corrected chi connectivity index (χ2v) is 7.33. The average molecular weight is 411 g/mol. The fourth-order valence-corrected chi connectivity index (χ4v) is 3.37. The summed E-state index contributed by atoms with van der Waals surface area (Å²) < 4.78 is 1.80. The minimum atomic E-state index is 0.0452. The molecule has 1 amide bonds. The monoisotopic (exact) mass is 409 g/mol. The lowest BCUT2D eigenvalue weighted by molar-refractivity contribution is -0.121. The van der Waals surface area contributed by atoms with E-state index in [0.717, 1.165) is 23.6 Å². The van der Waals surface area contributed by atoms with E-state index >= 15 is 0 Å². The first-order valence-electron chi connectivity index (χ1n) is 8.35. The van der Waals surface area contributed by atoms with Gasteiger partial charge in [0.25, 0.3) is 0 Å². The summed E-state index contributed by atoms with van der Waals surface area (Å²) in [5.74, 6) is 0.0452. The number of aryl methyl sites for hydroxylation is 1. The van der Waals surface area contributed by atoms with E-state index in [1.807, 2.05) is 30.5 Å². The Morgan fingerprint density at radius 3 is 2.58 bits per heavy atom. The van der Waals surface area contributed by atoms with Gasteiger partial charge in [0.15, 0.2) is 5.65 Å². The van der Waals surface area contributed by atoms with Crippen molar-refractivity contribution >= 4 is 46.4 Å². The first kappa shape index (κ1) is 19.0. The highest BCUT2D eigenvalue weighted by molar-refractivity contribution is 6.36. The highest BCUT2D eigenvalue weighted by atomic mass is 35.5. The number of hydrogen-bond donors (Lipinski definition) is 1. The number of nitrogens with one attached hydrogen (secondary N) is 1. The Hall–Kier alpha value is -1.75. The molecule has 2 aromatic heterocycles. The molecule has 0 atom stereocenters. The zero-order chi connectivity index (χ0) is 18.5. The van der Waals surface area contributed by atoms with Crippen molar-refractivity contribution in [2.45, 2.75) is 25.7 Å². The largest absolute Gasteiger partial charge is 0.356 e. The van der Waals surface area contributed by atoms with E-state index in [9.17, 15) is 4.79 Å². The summed E-state index contributed by atoms with van der Waals surface area (Å²) in [5.41, 5.74) is 2.71. The van der Waals surface area contributed by atoms with Crippen LogP contribution in [0.15, 0.2) is 42.7 Å². The van der Waals surface area contributed by atoms with Gasteiger partial charge in [-0.2, -0.15) is 0 Å². The normalized spacial score (nSPS) is 11.0. The number of fused-ring (bicyclic) bond motifs is 1. The lowest BCUT2D eigenvalue weighted by Gasteiger charge is -2.04. The van der Waals surface area contributed by atoms with Crippen molar-refractivity contribution < 1.29 is 4.79 Å². The maximum atomic E-state index is 12.0. The Kier molecular flexibility index (Phi) is 6.41. The van der Waals surface area contributed by atoms with Gasteiger partial charge >= 0.3 is 0 Å². The fourth-order valence-electron chi connectivity index (χ4n) is 2.72. The molecule has 1 N–H and O–H groups in total. The first-order valence-corrected chi connectivity index (χ1v) is 9.48. The van der Waals surface area contributed by atoms with E-state index in [0.29, 0.717) is 35.1 Å². The molecule has 0 radical (unpaired) electrons. The summed E-state index contributed by atoms with van der Waals surface area (Å²) in [6.45, 7) is 0.537. The Morgan fingerprint density at radius 1 is 1.04 bits per heavy atom. The van der Waals surface area contributed by atoms with E-state index in [1.54, 1.807) is 16.7 Å². The number of amides is 1. The van der Waals surface area contributed by atoms with Gasteiger partial charge in [-0.25, -0.2) is 4.98 Å². The van der Waals surface area contributed by atoms with E-state index < -0.39 is 0 Å². The van der Waals surface area contributed by atoms with Crippen molar-refractivity contribution in [3.05, 3.63) is 69.1 Å². The standard InChI is InChI=1S/C19H18Cl3N3O/c20-14-6-4-13(5-7-14)2-1-3-18(26)23-9-8-16-12-25-11-15(21)10-17(22)19(25)24-16/h4-7,10-12H,1-3,8-9H2,(H,23,26). The maximum absolute atomic E-state index is 12.0. The fraction of sp³-hybridized carbons (Fsp3) is 0.263. The van der Waals surface area contributed by atoms with Crippen LogP contribution in [0.25, 0.3) is 5.65 Å². The molecule has 4 nitrogen and oxygen atoms in total. The van der Waals surface area contributed by atoms with Crippen LogP contribution in [0.3, 0.4) is 0 Å². The van der Waals surface area contributed by atoms with Crippen LogP contribution < -0.4 is 5.32 Å². The Balaban J connectivity index is 1.42. The molecule has 1 aromatic carbocycles.